The first-order valence-electron chi connectivity index (χ1n) is 10.4. The monoisotopic (exact) mass is 420 g/mol. The number of rotatable bonds is 6. The molecule has 0 amide bonds. The van der Waals surface area contributed by atoms with E-state index in [4.69, 9.17) is 22.3 Å². The SMILES string of the molecule is N=C(N)c1ccc2c(ccn2Cc2ccc(Cn3ccc4cc(C(=N)N)ccc43)cc2)c1. The first-order chi connectivity index (χ1) is 15.5. The molecule has 2 heterocycles. The third kappa shape index (κ3) is 3.63. The zero-order valence-corrected chi connectivity index (χ0v) is 17.5. The van der Waals surface area contributed by atoms with Crippen LogP contribution in [0.3, 0.4) is 0 Å². The Bertz CT molecular complexity index is 1360. The Balaban J connectivity index is 1.34. The molecule has 158 valence electrons. The molecule has 0 atom stereocenters. The summed E-state index contributed by atoms with van der Waals surface area (Å²) in [6, 6.07) is 24.6. The molecule has 3 aromatic carbocycles. The zero-order chi connectivity index (χ0) is 22.2. The Morgan fingerprint density at radius 3 is 1.38 bits per heavy atom. The molecule has 0 radical (unpaired) electrons. The predicted molar refractivity (Wildman–Crippen MR) is 131 cm³/mol. The fraction of sp³-hybridized carbons (Fsp3) is 0.0769. The van der Waals surface area contributed by atoms with Gasteiger partial charge >= 0.3 is 0 Å². The standard InChI is InChI=1S/C26H24N6/c27-25(28)21-5-7-23-19(13-21)9-11-31(23)15-17-1-2-18(4-3-17)16-32-12-10-20-14-22(26(29)30)6-8-24(20)32/h1-14H,15-16H2,(H3,27,28)(H3,29,30). The van der Waals surface area contributed by atoms with E-state index in [1.165, 1.54) is 11.1 Å². The lowest BCUT2D eigenvalue weighted by Gasteiger charge is -2.09. The van der Waals surface area contributed by atoms with E-state index in [-0.39, 0.29) is 11.7 Å². The number of aromatic nitrogens is 2. The minimum atomic E-state index is 0.0880. The van der Waals surface area contributed by atoms with Crippen LogP contribution >= 0.6 is 0 Å². The molecule has 0 aliphatic heterocycles. The Morgan fingerprint density at radius 1 is 0.594 bits per heavy atom. The number of nitrogens with one attached hydrogen (secondary N) is 2. The molecular weight excluding hydrogens is 396 g/mol. The number of benzene rings is 3. The zero-order valence-electron chi connectivity index (χ0n) is 17.5. The quantitative estimate of drug-likeness (QED) is 0.243. The largest absolute Gasteiger partial charge is 0.384 e. The maximum atomic E-state index is 7.61. The van der Waals surface area contributed by atoms with Gasteiger partial charge in [0.05, 0.1) is 0 Å². The molecule has 0 aliphatic carbocycles. The molecule has 6 N–H and O–H groups in total. The highest BCUT2D eigenvalue weighted by Crippen LogP contribution is 2.21. The highest BCUT2D eigenvalue weighted by Gasteiger charge is 2.07. The van der Waals surface area contributed by atoms with Crippen LogP contribution in [0.4, 0.5) is 0 Å². The number of fused-ring (bicyclic) bond motifs is 2. The van der Waals surface area contributed by atoms with E-state index >= 15 is 0 Å². The van der Waals surface area contributed by atoms with E-state index in [0.717, 1.165) is 46.0 Å². The van der Waals surface area contributed by atoms with Gasteiger partial charge in [0.1, 0.15) is 11.7 Å². The van der Waals surface area contributed by atoms with Gasteiger partial charge in [-0.2, -0.15) is 0 Å². The summed E-state index contributed by atoms with van der Waals surface area (Å²) in [5.41, 5.74) is 17.4. The average Bonchev–Trinajstić information content (AvgIpc) is 3.38. The molecule has 6 heteroatoms. The van der Waals surface area contributed by atoms with Crippen molar-refractivity contribution in [3.8, 4) is 0 Å². The van der Waals surface area contributed by atoms with Crippen LogP contribution in [0.5, 0.6) is 0 Å². The van der Waals surface area contributed by atoms with Gasteiger partial charge < -0.3 is 20.6 Å². The van der Waals surface area contributed by atoms with Gasteiger partial charge in [-0.25, -0.2) is 0 Å². The van der Waals surface area contributed by atoms with Crippen molar-refractivity contribution < 1.29 is 0 Å². The van der Waals surface area contributed by atoms with Gasteiger partial charge in [-0.05, 0) is 59.7 Å². The first-order valence-corrected chi connectivity index (χ1v) is 10.4. The second kappa shape index (κ2) is 7.74. The van der Waals surface area contributed by atoms with Crippen LogP contribution in [-0.2, 0) is 13.1 Å². The second-order valence-corrected chi connectivity index (χ2v) is 8.08. The van der Waals surface area contributed by atoms with Gasteiger partial charge in [0.2, 0.25) is 0 Å². The normalized spacial score (nSPS) is 11.2. The van der Waals surface area contributed by atoms with Crippen LogP contribution in [0.15, 0.2) is 85.2 Å². The Morgan fingerprint density at radius 2 is 1.00 bits per heavy atom. The summed E-state index contributed by atoms with van der Waals surface area (Å²) in [4.78, 5) is 0. The fourth-order valence-electron chi connectivity index (χ4n) is 4.15. The van der Waals surface area contributed by atoms with Crippen molar-refractivity contribution in [3.05, 3.63) is 107 Å². The molecule has 0 bridgehead atoms. The van der Waals surface area contributed by atoms with Crippen molar-refractivity contribution >= 4 is 33.5 Å². The average molecular weight is 421 g/mol. The summed E-state index contributed by atoms with van der Waals surface area (Å²) in [6.45, 7) is 1.56. The third-order valence-corrected chi connectivity index (χ3v) is 5.89. The first kappa shape index (κ1) is 19.6. The Labute approximate surface area is 185 Å². The number of hydrogen-bond donors (Lipinski definition) is 4. The summed E-state index contributed by atoms with van der Waals surface area (Å²) < 4.78 is 4.42. The number of nitrogen functional groups attached to an aromatic ring is 2. The summed E-state index contributed by atoms with van der Waals surface area (Å²) in [5, 5.41) is 17.4. The van der Waals surface area contributed by atoms with Crippen LogP contribution in [0.25, 0.3) is 21.8 Å². The van der Waals surface area contributed by atoms with E-state index in [0.29, 0.717) is 0 Å². The maximum absolute atomic E-state index is 7.61. The molecule has 6 nitrogen and oxygen atoms in total. The van der Waals surface area contributed by atoms with Gasteiger partial charge in [-0.3, -0.25) is 10.8 Å². The maximum Gasteiger partial charge on any atom is 0.122 e. The number of nitrogens with two attached hydrogens (primary N) is 2. The highest BCUT2D eigenvalue weighted by molar-refractivity contribution is 5.99. The molecule has 0 aliphatic rings. The summed E-state index contributed by atoms with van der Waals surface area (Å²) in [5.74, 6) is 0.176. The van der Waals surface area contributed by atoms with Gasteiger partial charge in [-0.15, -0.1) is 0 Å². The van der Waals surface area contributed by atoms with Crippen molar-refractivity contribution in [3.63, 3.8) is 0 Å². The van der Waals surface area contributed by atoms with Crippen LogP contribution in [-0.4, -0.2) is 20.8 Å². The summed E-state index contributed by atoms with van der Waals surface area (Å²) >= 11 is 0. The molecule has 0 saturated carbocycles. The van der Waals surface area contributed by atoms with Crippen molar-refractivity contribution in [1.82, 2.24) is 9.13 Å². The predicted octanol–water partition coefficient (Wildman–Crippen LogP) is 4.26. The van der Waals surface area contributed by atoms with Crippen molar-refractivity contribution in [2.75, 3.05) is 0 Å². The minimum Gasteiger partial charge on any atom is -0.384 e. The van der Waals surface area contributed by atoms with Gasteiger partial charge in [0.25, 0.3) is 0 Å². The number of amidine groups is 2. The molecule has 0 saturated heterocycles. The molecule has 0 unspecified atom stereocenters. The minimum absolute atomic E-state index is 0.0880. The van der Waals surface area contributed by atoms with E-state index in [2.05, 4.69) is 57.9 Å². The van der Waals surface area contributed by atoms with Crippen molar-refractivity contribution in [2.45, 2.75) is 13.1 Å². The highest BCUT2D eigenvalue weighted by atomic mass is 15.0. The molecule has 0 fully saturated rings. The molecule has 32 heavy (non-hydrogen) atoms. The molecule has 5 rings (SSSR count). The smallest absolute Gasteiger partial charge is 0.122 e. The molecule has 0 spiro atoms. The van der Waals surface area contributed by atoms with E-state index in [9.17, 15) is 0 Å². The van der Waals surface area contributed by atoms with Gasteiger partial charge in [-0.1, -0.05) is 24.3 Å². The van der Waals surface area contributed by atoms with E-state index < -0.39 is 0 Å². The van der Waals surface area contributed by atoms with Crippen molar-refractivity contribution in [2.24, 2.45) is 11.5 Å². The second-order valence-electron chi connectivity index (χ2n) is 8.08. The van der Waals surface area contributed by atoms with Crippen molar-refractivity contribution in [1.29, 1.82) is 10.8 Å². The van der Waals surface area contributed by atoms with Gasteiger partial charge in [0.15, 0.2) is 0 Å². The van der Waals surface area contributed by atoms with E-state index in [1.807, 2.05) is 36.4 Å². The van der Waals surface area contributed by atoms with E-state index in [1.54, 1.807) is 0 Å². The number of hydrogen-bond acceptors (Lipinski definition) is 2. The number of nitrogens with zero attached hydrogens (tertiary/aromatic N) is 2. The lowest BCUT2D eigenvalue weighted by molar-refractivity contribution is 0.822. The molecule has 5 aromatic rings. The Hall–Kier alpha value is -4.32. The molecule has 2 aromatic heterocycles. The Kier molecular flexibility index (Phi) is 4.75. The fourth-order valence-corrected chi connectivity index (χ4v) is 4.15. The molecular formula is C26H24N6. The lowest BCUT2D eigenvalue weighted by atomic mass is 10.1. The third-order valence-electron chi connectivity index (χ3n) is 5.89. The van der Waals surface area contributed by atoms with Crippen LogP contribution < -0.4 is 11.5 Å². The summed E-state index contributed by atoms with van der Waals surface area (Å²) in [7, 11) is 0. The summed E-state index contributed by atoms with van der Waals surface area (Å²) in [6.07, 6.45) is 4.15. The topological polar surface area (TPSA) is 110 Å². The van der Waals surface area contributed by atoms with Crippen LogP contribution in [0.1, 0.15) is 22.3 Å². The lowest BCUT2D eigenvalue weighted by Crippen LogP contribution is -2.10. The van der Waals surface area contributed by atoms with Crippen LogP contribution in [0, 0.1) is 10.8 Å². The van der Waals surface area contributed by atoms with Crippen LogP contribution in [0.2, 0.25) is 0 Å². The van der Waals surface area contributed by atoms with Gasteiger partial charge in [0, 0.05) is 58.4 Å².